The van der Waals surface area contributed by atoms with Crippen molar-refractivity contribution in [3.05, 3.63) is 59.7 Å². The van der Waals surface area contributed by atoms with Crippen LogP contribution < -0.4 is 4.89 Å². The quantitative estimate of drug-likeness (QED) is 0.694. The highest BCUT2D eigenvalue weighted by Crippen LogP contribution is 2.19. The van der Waals surface area contributed by atoms with Gasteiger partial charge in [0, 0.05) is 31.7 Å². The smallest absolute Gasteiger partial charge is 0.262 e. The summed E-state index contributed by atoms with van der Waals surface area (Å²) in [7, 11) is -2.59. The zero-order valence-electron chi connectivity index (χ0n) is 15.7. The van der Waals surface area contributed by atoms with E-state index in [0.29, 0.717) is 31.7 Å². The largest absolute Gasteiger partial charge is 0.507 e. The summed E-state index contributed by atoms with van der Waals surface area (Å²) in [6, 6.07) is 11.9. The molecule has 2 N–H and O–H groups in total. The van der Waals surface area contributed by atoms with Crippen molar-refractivity contribution in [1.29, 1.82) is 0 Å². The van der Waals surface area contributed by atoms with Crippen molar-refractivity contribution in [3.63, 3.8) is 0 Å². The highest BCUT2D eigenvalue weighted by Gasteiger charge is 2.26. The van der Waals surface area contributed by atoms with Crippen molar-refractivity contribution in [1.82, 2.24) is 14.7 Å². The van der Waals surface area contributed by atoms with Gasteiger partial charge in [0.15, 0.2) is 0 Å². The third kappa shape index (κ3) is 4.56. The van der Waals surface area contributed by atoms with E-state index < -0.39 is 10.0 Å². The van der Waals surface area contributed by atoms with Crippen molar-refractivity contribution >= 4 is 21.8 Å². The van der Waals surface area contributed by atoms with Gasteiger partial charge < -0.3 is 14.9 Å². The lowest BCUT2D eigenvalue weighted by atomic mass is 10.1. The maximum absolute atomic E-state index is 12.7. The Hall–Kier alpha value is -2.95. The van der Waals surface area contributed by atoms with Crippen molar-refractivity contribution in [2.24, 2.45) is 0 Å². The number of aromatic hydroxyl groups is 1. The third-order valence-corrected chi connectivity index (χ3v) is 5.87. The van der Waals surface area contributed by atoms with Crippen LogP contribution in [0.3, 0.4) is 0 Å². The van der Waals surface area contributed by atoms with Crippen LogP contribution in [-0.2, 0) is 14.9 Å². The number of hydrogen-bond donors (Lipinski definition) is 2. The normalized spacial score (nSPS) is 14.7. The number of benzene rings is 2. The summed E-state index contributed by atoms with van der Waals surface area (Å²) in [5.74, 6) is -0.604. The van der Waals surface area contributed by atoms with Gasteiger partial charge in [0.1, 0.15) is 5.75 Å². The standard InChI is InChI=1S/C19H21N3O6S/c1-28-20-29(26,27)15-8-6-14(7-9-15)18(24)21-10-12-22(13-11-21)19(25)16-4-2-3-5-17(16)23/h2-9,20,23H,10-13H2,1H3. The summed E-state index contributed by atoms with van der Waals surface area (Å²) in [5, 5.41) is 9.85. The minimum atomic E-state index is -3.79. The van der Waals surface area contributed by atoms with Gasteiger partial charge in [-0.3, -0.25) is 14.4 Å². The molecule has 1 fully saturated rings. The van der Waals surface area contributed by atoms with E-state index in [-0.39, 0.29) is 28.0 Å². The average Bonchev–Trinajstić information content (AvgIpc) is 2.73. The lowest BCUT2D eigenvalue weighted by Gasteiger charge is -2.35. The summed E-state index contributed by atoms with van der Waals surface area (Å²) in [4.78, 5) is 34.7. The van der Waals surface area contributed by atoms with Crippen LogP contribution >= 0.6 is 0 Å². The summed E-state index contributed by atoms with van der Waals surface area (Å²) in [6.07, 6.45) is 0. The van der Waals surface area contributed by atoms with Crippen molar-refractivity contribution in [2.75, 3.05) is 33.3 Å². The molecule has 10 heteroatoms. The number of phenolic OH excluding ortho intramolecular Hbond substituents is 1. The number of phenols is 1. The Morgan fingerprint density at radius 3 is 2.03 bits per heavy atom. The third-order valence-electron chi connectivity index (χ3n) is 4.59. The summed E-state index contributed by atoms with van der Waals surface area (Å²) in [6.45, 7) is 1.35. The van der Waals surface area contributed by atoms with E-state index in [1.807, 2.05) is 4.89 Å². The van der Waals surface area contributed by atoms with Crippen LogP contribution in [-0.4, -0.2) is 68.4 Å². The molecule has 0 aromatic heterocycles. The summed E-state index contributed by atoms with van der Waals surface area (Å²) >= 11 is 0. The van der Waals surface area contributed by atoms with Crippen LogP contribution in [0.25, 0.3) is 0 Å². The summed E-state index contributed by atoms with van der Waals surface area (Å²) in [5.41, 5.74) is 0.579. The van der Waals surface area contributed by atoms with E-state index in [1.165, 1.54) is 37.4 Å². The average molecular weight is 419 g/mol. The number of nitrogens with one attached hydrogen (secondary N) is 1. The predicted molar refractivity (Wildman–Crippen MR) is 104 cm³/mol. The zero-order chi connectivity index (χ0) is 21.0. The zero-order valence-corrected chi connectivity index (χ0v) is 16.6. The highest BCUT2D eigenvalue weighted by molar-refractivity contribution is 7.89. The number of rotatable bonds is 5. The van der Waals surface area contributed by atoms with Crippen molar-refractivity contribution in [3.8, 4) is 5.75 Å². The fourth-order valence-electron chi connectivity index (χ4n) is 3.05. The highest BCUT2D eigenvalue weighted by atomic mass is 32.2. The first kappa shape index (κ1) is 20.8. The van der Waals surface area contributed by atoms with E-state index in [0.717, 1.165) is 0 Å². The monoisotopic (exact) mass is 419 g/mol. The molecule has 1 aliphatic heterocycles. The van der Waals surface area contributed by atoms with Crippen LogP contribution in [0.15, 0.2) is 53.4 Å². The predicted octanol–water partition coefficient (Wildman–Crippen LogP) is 0.830. The molecular formula is C19H21N3O6S. The Morgan fingerprint density at radius 1 is 0.931 bits per heavy atom. The molecule has 3 rings (SSSR count). The number of carbonyl (C=O) groups excluding carboxylic acids is 2. The van der Waals surface area contributed by atoms with Crippen LogP contribution in [0, 0.1) is 0 Å². The first-order valence-electron chi connectivity index (χ1n) is 8.85. The van der Waals surface area contributed by atoms with Gasteiger partial charge in [-0.1, -0.05) is 17.0 Å². The minimum Gasteiger partial charge on any atom is -0.507 e. The molecule has 0 aliphatic carbocycles. The first-order chi connectivity index (χ1) is 13.8. The van der Waals surface area contributed by atoms with Gasteiger partial charge >= 0.3 is 0 Å². The van der Waals surface area contributed by atoms with Gasteiger partial charge in [0.25, 0.3) is 21.8 Å². The number of nitrogens with zero attached hydrogens (tertiary/aromatic N) is 2. The fraction of sp³-hybridized carbons (Fsp3) is 0.263. The van der Waals surface area contributed by atoms with E-state index in [1.54, 1.807) is 28.0 Å². The molecule has 2 aromatic rings. The fourth-order valence-corrected chi connectivity index (χ4v) is 3.86. The molecule has 0 saturated carbocycles. The second-order valence-corrected chi connectivity index (χ2v) is 8.06. The SMILES string of the molecule is CONS(=O)(=O)c1ccc(C(=O)N2CCN(C(=O)c3ccccc3O)CC2)cc1. The van der Waals surface area contributed by atoms with Gasteiger partial charge in [-0.25, -0.2) is 8.42 Å². The molecule has 0 radical (unpaired) electrons. The van der Waals surface area contributed by atoms with Crippen LogP contribution in [0.2, 0.25) is 0 Å². The van der Waals surface area contributed by atoms with Crippen LogP contribution in [0.4, 0.5) is 0 Å². The Labute approximate surface area is 168 Å². The molecule has 154 valence electrons. The lowest BCUT2D eigenvalue weighted by Crippen LogP contribution is -2.50. The second-order valence-electron chi connectivity index (χ2n) is 6.42. The molecule has 0 atom stereocenters. The van der Waals surface area contributed by atoms with E-state index in [9.17, 15) is 23.1 Å². The molecule has 0 spiro atoms. The molecular weight excluding hydrogens is 398 g/mol. The molecule has 1 saturated heterocycles. The van der Waals surface area contributed by atoms with Crippen LogP contribution in [0.1, 0.15) is 20.7 Å². The first-order valence-corrected chi connectivity index (χ1v) is 10.3. The Bertz CT molecular complexity index is 999. The molecule has 2 aromatic carbocycles. The molecule has 2 amide bonds. The van der Waals surface area contributed by atoms with E-state index >= 15 is 0 Å². The Balaban J connectivity index is 1.63. The van der Waals surface area contributed by atoms with Gasteiger partial charge in [-0.2, -0.15) is 0 Å². The van der Waals surface area contributed by atoms with Crippen molar-refractivity contribution in [2.45, 2.75) is 4.90 Å². The summed E-state index contributed by atoms with van der Waals surface area (Å²) < 4.78 is 23.7. The number of carbonyl (C=O) groups is 2. The van der Waals surface area contributed by atoms with Gasteiger partial charge in [0.05, 0.1) is 17.6 Å². The molecule has 0 bridgehead atoms. The van der Waals surface area contributed by atoms with E-state index in [2.05, 4.69) is 4.84 Å². The topological polar surface area (TPSA) is 116 Å². The van der Waals surface area contributed by atoms with E-state index in [4.69, 9.17) is 0 Å². The lowest BCUT2D eigenvalue weighted by molar-refractivity contribution is 0.0533. The molecule has 1 heterocycles. The maximum Gasteiger partial charge on any atom is 0.262 e. The van der Waals surface area contributed by atoms with Gasteiger partial charge in [-0.05, 0) is 36.4 Å². The number of piperazine rings is 1. The second kappa shape index (κ2) is 8.60. The number of hydrogen-bond acceptors (Lipinski definition) is 6. The number of amides is 2. The van der Waals surface area contributed by atoms with Gasteiger partial charge in [0.2, 0.25) is 0 Å². The number of sulfonamides is 1. The molecule has 1 aliphatic rings. The van der Waals surface area contributed by atoms with Gasteiger partial charge in [-0.15, -0.1) is 0 Å². The maximum atomic E-state index is 12.7. The Morgan fingerprint density at radius 2 is 1.48 bits per heavy atom. The molecule has 0 unspecified atom stereocenters. The number of para-hydroxylation sites is 1. The molecule has 29 heavy (non-hydrogen) atoms. The van der Waals surface area contributed by atoms with Crippen LogP contribution in [0.5, 0.6) is 5.75 Å². The molecule has 9 nitrogen and oxygen atoms in total. The minimum absolute atomic E-state index is 0.0195. The Kier molecular flexibility index (Phi) is 6.16. The van der Waals surface area contributed by atoms with Crippen molar-refractivity contribution < 1.29 is 28.0 Å².